The predicted molar refractivity (Wildman–Crippen MR) is 276 cm³/mol. The van der Waals surface area contributed by atoms with Crippen LogP contribution in [0.1, 0.15) is 103 Å². The molecule has 5 amide bonds. The highest BCUT2D eigenvalue weighted by molar-refractivity contribution is 7.14. The molecule has 3 aliphatic heterocycles. The summed E-state index contributed by atoms with van der Waals surface area (Å²) in [6, 6.07) is 14.4. The molecule has 1 unspecified atom stereocenters. The molecule has 8 rings (SSSR count). The Labute approximate surface area is 428 Å². The number of carbonyl (C=O) groups is 5. The number of aryl methyl sites for hydroxylation is 2. The minimum absolute atomic E-state index is 0.00715. The number of fused-ring (bicyclic) bond motifs is 1. The van der Waals surface area contributed by atoms with Crippen molar-refractivity contribution in [3.8, 4) is 22.3 Å². The summed E-state index contributed by atoms with van der Waals surface area (Å²) in [5, 5.41) is 21.7. The van der Waals surface area contributed by atoms with Gasteiger partial charge in [0.1, 0.15) is 23.9 Å². The fourth-order valence-electron chi connectivity index (χ4n) is 9.66. The smallest absolute Gasteiger partial charge is 0.256 e. The fraction of sp³-hybridized carbons (Fsp3) is 0.426. The van der Waals surface area contributed by atoms with Gasteiger partial charge in [0.15, 0.2) is 5.13 Å². The number of unbranched alkanes of at least 4 members (excludes halogenated alkanes) is 1. The first-order valence-corrected chi connectivity index (χ1v) is 26.1. The monoisotopic (exact) mass is 1020 g/mol. The Morgan fingerprint density at radius 3 is 2.40 bits per heavy atom. The minimum atomic E-state index is -1.10. The Bertz CT molecular complexity index is 2850. The van der Waals surface area contributed by atoms with E-state index in [9.17, 15) is 33.5 Å². The van der Waals surface area contributed by atoms with Gasteiger partial charge in [-0.3, -0.25) is 34.2 Å². The second-order valence-corrected chi connectivity index (χ2v) is 21.7. The van der Waals surface area contributed by atoms with Crippen LogP contribution in [0.4, 0.5) is 9.52 Å². The summed E-state index contributed by atoms with van der Waals surface area (Å²) >= 11 is 2.83. The fourth-order valence-corrected chi connectivity index (χ4v) is 11.0. The first-order chi connectivity index (χ1) is 34.4. The molecule has 2 aromatic heterocycles. The van der Waals surface area contributed by atoms with Gasteiger partial charge in [0.05, 0.1) is 40.3 Å². The number of nitrogens with zero attached hydrogens (tertiary/aromatic N) is 6. The molecule has 0 saturated carbocycles. The third-order valence-electron chi connectivity index (χ3n) is 13.6. The topological polar surface area (TPSA) is 180 Å². The number of likely N-dealkylation sites (tertiary alicyclic amines) is 1. The van der Waals surface area contributed by atoms with E-state index in [1.54, 1.807) is 42.0 Å². The van der Waals surface area contributed by atoms with Crippen LogP contribution in [0.25, 0.3) is 10.4 Å². The van der Waals surface area contributed by atoms with Crippen LogP contribution in [0.5, 0.6) is 0 Å². The standard InChI is InChI=1S/C54H62FN9O6S2/c1-33-14-19-40(55)27-42(33)46(50(68)60-53-56-20-26-71-53)64-29-39-13-10-12-37(45(39)51(64)69)11-8-7-9-21-61-22-24-62(25-23-61)31-44(66)59-48(54(4,5)6)52(70)63-30-41(65)28-43(63)49(67)58-34(2)36-15-17-38(18-16-36)47-35(3)57-32-72-47/h10,12-20,26-27,32,34,41,43,46,48,65H,7,9,21-25,28-31H2,1-6H3,(H,58,67)(H,59,66)(H,56,60,68)/t34-,41+,43-,46?,48+/m0/s1. The average molecular weight is 1020 g/mol. The molecule has 5 aromatic rings. The van der Waals surface area contributed by atoms with Crippen LogP contribution in [0.2, 0.25) is 0 Å². The van der Waals surface area contributed by atoms with E-state index >= 15 is 0 Å². The van der Waals surface area contributed by atoms with Crippen LogP contribution in [-0.4, -0.2) is 128 Å². The zero-order valence-corrected chi connectivity index (χ0v) is 43.2. The largest absolute Gasteiger partial charge is 0.391 e. The Hall–Kier alpha value is -6.36. The van der Waals surface area contributed by atoms with Crippen molar-refractivity contribution >= 4 is 57.3 Å². The summed E-state index contributed by atoms with van der Waals surface area (Å²) in [5.74, 6) is 4.07. The molecule has 3 aliphatic rings. The van der Waals surface area contributed by atoms with Crippen LogP contribution in [0.3, 0.4) is 0 Å². The van der Waals surface area contributed by atoms with Crippen LogP contribution in [0.15, 0.2) is 77.8 Å². The molecule has 3 aromatic carbocycles. The number of amides is 5. The van der Waals surface area contributed by atoms with E-state index < -0.39 is 47.3 Å². The van der Waals surface area contributed by atoms with E-state index in [1.807, 2.05) is 76.5 Å². The average Bonchev–Trinajstić information content (AvgIpc) is 4.17. The number of thiazole rings is 2. The van der Waals surface area contributed by atoms with Gasteiger partial charge in [0.2, 0.25) is 17.7 Å². The van der Waals surface area contributed by atoms with E-state index in [4.69, 9.17) is 0 Å². The highest BCUT2D eigenvalue weighted by Gasteiger charge is 2.45. The molecule has 15 nitrogen and oxygen atoms in total. The Balaban J connectivity index is 0.807. The minimum Gasteiger partial charge on any atom is -0.391 e. The number of hydrogen-bond donors (Lipinski definition) is 4. The van der Waals surface area contributed by atoms with Crippen LogP contribution in [-0.2, 0) is 25.7 Å². The summed E-state index contributed by atoms with van der Waals surface area (Å²) in [6.45, 7) is 15.1. The third kappa shape index (κ3) is 12.1. The number of nitrogens with one attached hydrogen (secondary N) is 3. The van der Waals surface area contributed by atoms with E-state index in [-0.39, 0.29) is 49.8 Å². The predicted octanol–water partition coefficient (Wildman–Crippen LogP) is 6.48. The highest BCUT2D eigenvalue weighted by atomic mass is 32.1. The van der Waals surface area contributed by atoms with Crippen molar-refractivity contribution in [1.29, 1.82) is 0 Å². The SMILES string of the molecule is Cc1ccc(F)cc1C(C(=O)Nc1nccs1)N1Cc2cccc(C#CCCCN3CCN(CC(=O)N[C@H](C(=O)N4C[C@H](O)C[C@H]4C(=O)N[C@@H](C)c4ccc(-c5scnc5C)cc4)C(C)(C)C)CC3)c2C1=O. The Morgan fingerprint density at radius 1 is 0.958 bits per heavy atom. The van der Waals surface area contributed by atoms with E-state index in [2.05, 4.69) is 47.6 Å². The Kier molecular flexibility index (Phi) is 16.3. The molecule has 5 heterocycles. The van der Waals surface area contributed by atoms with Crippen molar-refractivity contribution in [2.75, 3.05) is 51.1 Å². The third-order valence-corrected chi connectivity index (χ3v) is 15.3. The van der Waals surface area contributed by atoms with Crippen molar-refractivity contribution < 1.29 is 33.5 Å². The second-order valence-electron chi connectivity index (χ2n) is 19.9. The number of piperazine rings is 1. The molecular formula is C54H62FN9O6S2. The number of aliphatic hydroxyl groups is 1. The number of hydrogen-bond acceptors (Lipinski definition) is 12. The molecule has 4 N–H and O–H groups in total. The molecule has 2 saturated heterocycles. The van der Waals surface area contributed by atoms with Crippen molar-refractivity contribution in [2.45, 2.75) is 97.6 Å². The molecule has 0 aliphatic carbocycles. The molecule has 18 heteroatoms. The number of aromatic nitrogens is 2. The highest BCUT2D eigenvalue weighted by Crippen LogP contribution is 2.36. The quantitative estimate of drug-likeness (QED) is 0.0670. The van der Waals surface area contributed by atoms with Gasteiger partial charge in [-0.25, -0.2) is 14.4 Å². The molecule has 378 valence electrons. The molecule has 2 fully saturated rings. The van der Waals surface area contributed by atoms with Crippen LogP contribution < -0.4 is 16.0 Å². The zero-order valence-electron chi connectivity index (χ0n) is 41.5. The maximum absolute atomic E-state index is 14.6. The van der Waals surface area contributed by atoms with Gasteiger partial charge < -0.3 is 30.4 Å². The maximum Gasteiger partial charge on any atom is 0.256 e. The number of halogens is 1. The second kappa shape index (κ2) is 22.6. The summed E-state index contributed by atoms with van der Waals surface area (Å²) in [5.41, 5.74) is 6.88. The molecule has 0 radical (unpaired) electrons. The molecular weight excluding hydrogens is 954 g/mol. The summed E-state index contributed by atoms with van der Waals surface area (Å²) in [6.07, 6.45) is 2.18. The molecule has 0 spiro atoms. The molecule has 0 bridgehead atoms. The number of rotatable bonds is 15. The van der Waals surface area contributed by atoms with E-state index in [1.165, 1.54) is 33.3 Å². The van der Waals surface area contributed by atoms with Crippen molar-refractivity contribution in [2.24, 2.45) is 5.41 Å². The van der Waals surface area contributed by atoms with Crippen LogP contribution >= 0.6 is 22.7 Å². The molecule has 72 heavy (non-hydrogen) atoms. The number of carbonyl (C=O) groups excluding carboxylic acids is 5. The van der Waals surface area contributed by atoms with Gasteiger partial charge in [0.25, 0.3) is 11.8 Å². The van der Waals surface area contributed by atoms with Gasteiger partial charge in [-0.1, -0.05) is 75.1 Å². The van der Waals surface area contributed by atoms with Gasteiger partial charge in [0, 0.05) is 69.3 Å². The Morgan fingerprint density at radius 2 is 1.71 bits per heavy atom. The maximum atomic E-state index is 14.6. The summed E-state index contributed by atoms with van der Waals surface area (Å²) in [7, 11) is 0. The summed E-state index contributed by atoms with van der Waals surface area (Å²) in [4.78, 5) is 86.4. The lowest BCUT2D eigenvalue weighted by Crippen LogP contribution is -2.59. The lowest BCUT2D eigenvalue weighted by molar-refractivity contribution is -0.144. The first kappa shape index (κ1) is 52.0. The summed E-state index contributed by atoms with van der Waals surface area (Å²) < 4.78 is 14.6. The van der Waals surface area contributed by atoms with E-state index in [0.29, 0.717) is 46.9 Å². The number of benzene rings is 3. The first-order valence-electron chi connectivity index (χ1n) is 24.4. The van der Waals surface area contributed by atoms with Crippen molar-refractivity contribution in [3.63, 3.8) is 0 Å². The zero-order chi connectivity index (χ0) is 51.3. The van der Waals surface area contributed by atoms with Crippen molar-refractivity contribution in [1.82, 2.24) is 40.2 Å². The number of anilines is 1. The number of β-amino-alcohol motifs (C(OH)–C–C–N with tert-alkyl or cyclic N) is 1. The lowest BCUT2D eigenvalue weighted by Gasteiger charge is -2.37. The van der Waals surface area contributed by atoms with E-state index in [0.717, 1.165) is 53.3 Å². The normalized spacial score (nSPS) is 18.5. The number of aliphatic hydroxyl groups excluding tert-OH is 1. The van der Waals surface area contributed by atoms with Crippen molar-refractivity contribution in [3.05, 3.63) is 123 Å². The van der Waals surface area contributed by atoms with Gasteiger partial charge in [-0.15, -0.1) is 22.7 Å². The van der Waals surface area contributed by atoms with Gasteiger partial charge >= 0.3 is 0 Å². The molecule has 5 atom stereocenters. The van der Waals surface area contributed by atoms with Gasteiger partial charge in [-0.2, -0.15) is 0 Å². The lowest BCUT2D eigenvalue weighted by atomic mass is 9.85. The van der Waals surface area contributed by atoms with Crippen LogP contribution in [0, 0.1) is 36.9 Å². The van der Waals surface area contributed by atoms with Gasteiger partial charge in [-0.05, 0) is 85.2 Å².